The predicted molar refractivity (Wildman–Crippen MR) is 74.6 cm³/mol. The van der Waals surface area contributed by atoms with E-state index in [-0.39, 0.29) is 0 Å². The van der Waals surface area contributed by atoms with Crippen LogP contribution < -0.4 is 5.32 Å². The van der Waals surface area contributed by atoms with E-state index in [1.165, 1.54) is 19.3 Å². The molecule has 5 heteroatoms. The zero-order valence-corrected chi connectivity index (χ0v) is 12.2. The van der Waals surface area contributed by atoms with E-state index >= 15 is 0 Å². The number of hydrogen-bond donors (Lipinski definition) is 1. The van der Waals surface area contributed by atoms with Gasteiger partial charge in [-0.25, -0.2) is 8.42 Å². The van der Waals surface area contributed by atoms with E-state index in [1.54, 1.807) is 0 Å². The maximum Gasteiger partial charge on any atom is 0.150 e. The lowest BCUT2D eigenvalue weighted by Gasteiger charge is -2.37. The molecule has 2 fully saturated rings. The second-order valence-electron chi connectivity index (χ2n) is 5.62. The number of piperidine rings is 1. The SMILES string of the molecule is CCN(CC1CCCCN1)C1CCS(=O)(=O)CC1. The summed E-state index contributed by atoms with van der Waals surface area (Å²) < 4.78 is 22.9. The maximum atomic E-state index is 11.5. The van der Waals surface area contributed by atoms with Gasteiger partial charge in [0.1, 0.15) is 9.84 Å². The Labute approximate surface area is 111 Å². The van der Waals surface area contributed by atoms with Crippen molar-refractivity contribution in [2.24, 2.45) is 0 Å². The summed E-state index contributed by atoms with van der Waals surface area (Å²) in [5.74, 6) is 0.762. The minimum absolute atomic E-state index is 0.381. The summed E-state index contributed by atoms with van der Waals surface area (Å²) in [6.07, 6.45) is 5.53. The number of nitrogens with one attached hydrogen (secondary N) is 1. The van der Waals surface area contributed by atoms with Crippen LogP contribution in [0.3, 0.4) is 0 Å². The van der Waals surface area contributed by atoms with Crippen molar-refractivity contribution in [2.75, 3.05) is 31.1 Å². The molecule has 2 saturated heterocycles. The molecule has 0 aliphatic carbocycles. The number of nitrogens with zero attached hydrogens (tertiary/aromatic N) is 1. The highest BCUT2D eigenvalue weighted by atomic mass is 32.2. The van der Waals surface area contributed by atoms with Gasteiger partial charge in [-0.15, -0.1) is 0 Å². The van der Waals surface area contributed by atoms with Crippen molar-refractivity contribution in [3.05, 3.63) is 0 Å². The van der Waals surface area contributed by atoms with Gasteiger partial charge >= 0.3 is 0 Å². The maximum absolute atomic E-state index is 11.5. The summed E-state index contributed by atoms with van der Waals surface area (Å²) in [5, 5.41) is 3.58. The van der Waals surface area contributed by atoms with Gasteiger partial charge < -0.3 is 5.32 Å². The molecule has 0 aromatic rings. The first-order valence-electron chi connectivity index (χ1n) is 7.28. The lowest BCUT2D eigenvalue weighted by atomic mass is 10.0. The monoisotopic (exact) mass is 274 g/mol. The number of rotatable bonds is 4. The molecule has 106 valence electrons. The smallest absolute Gasteiger partial charge is 0.150 e. The first kappa shape index (κ1) is 14.3. The topological polar surface area (TPSA) is 49.4 Å². The van der Waals surface area contributed by atoms with Crippen LogP contribution in [0.2, 0.25) is 0 Å². The highest BCUT2D eigenvalue weighted by Gasteiger charge is 2.28. The fraction of sp³-hybridized carbons (Fsp3) is 1.00. The molecule has 0 amide bonds. The lowest BCUT2D eigenvalue weighted by molar-refractivity contribution is 0.163. The molecule has 2 rings (SSSR count). The van der Waals surface area contributed by atoms with Gasteiger partial charge in [0.05, 0.1) is 11.5 Å². The Bertz CT molecular complexity index is 336. The Hall–Kier alpha value is -0.130. The van der Waals surface area contributed by atoms with Crippen LogP contribution in [0.5, 0.6) is 0 Å². The Morgan fingerprint density at radius 3 is 2.44 bits per heavy atom. The first-order valence-corrected chi connectivity index (χ1v) is 9.11. The molecule has 2 heterocycles. The Morgan fingerprint density at radius 1 is 1.17 bits per heavy atom. The van der Waals surface area contributed by atoms with Gasteiger partial charge in [0.15, 0.2) is 0 Å². The third-order valence-electron chi connectivity index (χ3n) is 4.31. The van der Waals surface area contributed by atoms with Crippen molar-refractivity contribution in [3.8, 4) is 0 Å². The van der Waals surface area contributed by atoms with E-state index in [4.69, 9.17) is 0 Å². The average Bonchev–Trinajstić information content (AvgIpc) is 2.38. The molecule has 2 aliphatic heterocycles. The van der Waals surface area contributed by atoms with Gasteiger partial charge in [0, 0.05) is 18.6 Å². The van der Waals surface area contributed by atoms with Crippen molar-refractivity contribution in [3.63, 3.8) is 0 Å². The lowest BCUT2D eigenvalue weighted by Crippen LogP contribution is -2.49. The van der Waals surface area contributed by atoms with E-state index in [9.17, 15) is 8.42 Å². The third-order valence-corrected chi connectivity index (χ3v) is 6.03. The molecule has 0 aromatic carbocycles. The fourth-order valence-electron chi connectivity index (χ4n) is 3.14. The molecule has 0 spiro atoms. The Kier molecular flexibility index (Phi) is 5.04. The Balaban J connectivity index is 1.84. The van der Waals surface area contributed by atoms with Crippen LogP contribution in [-0.4, -0.2) is 56.5 Å². The molecule has 18 heavy (non-hydrogen) atoms. The first-order chi connectivity index (χ1) is 8.61. The average molecular weight is 274 g/mol. The summed E-state index contributed by atoms with van der Waals surface area (Å²) in [6, 6.07) is 1.08. The van der Waals surface area contributed by atoms with Gasteiger partial charge in [-0.1, -0.05) is 13.3 Å². The molecular formula is C13H26N2O2S. The van der Waals surface area contributed by atoms with E-state index < -0.39 is 9.84 Å². The minimum Gasteiger partial charge on any atom is -0.313 e. The van der Waals surface area contributed by atoms with Crippen LogP contribution in [0.1, 0.15) is 39.0 Å². The molecule has 0 aromatic heterocycles. The summed E-state index contributed by atoms with van der Waals surface area (Å²) in [5.41, 5.74) is 0. The van der Waals surface area contributed by atoms with Gasteiger partial charge in [-0.3, -0.25) is 4.90 Å². The van der Waals surface area contributed by atoms with Gasteiger partial charge in [-0.2, -0.15) is 0 Å². The molecule has 0 saturated carbocycles. The van der Waals surface area contributed by atoms with E-state index in [0.29, 0.717) is 23.6 Å². The second kappa shape index (κ2) is 6.35. The van der Waals surface area contributed by atoms with E-state index in [1.807, 2.05) is 0 Å². The van der Waals surface area contributed by atoms with Gasteiger partial charge in [0.25, 0.3) is 0 Å². The van der Waals surface area contributed by atoms with Crippen LogP contribution in [-0.2, 0) is 9.84 Å². The molecule has 0 bridgehead atoms. The normalized spacial score (nSPS) is 29.6. The summed E-state index contributed by atoms with van der Waals surface area (Å²) >= 11 is 0. The standard InChI is InChI=1S/C13H26N2O2S/c1-2-15(11-12-5-3-4-8-14-12)13-6-9-18(16,17)10-7-13/h12-14H,2-11H2,1H3. The van der Waals surface area contributed by atoms with Crippen molar-refractivity contribution in [1.29, 1.82) is 0 Å². The molecule has 2 aliphatic rings. The summed E-state index contributed by atoms with van der Waals surface area (Å²) in [7, 11) is -2.73. The zero-order valence-electron chi connectivity index (χ0n) is 11.4. The highest BCUT2D eigenvalue weighted by Crippen LogP contribution is 2.19. The number of hydrogen-bond acceptors (Lipinski definition) is 4. The van der Waals surface area contributed by atoms with Gasteiger partial charge in [-0.05, 0) is 38.8 Å². The van der Waals surface area contributed by atoms with Crippen LogP contribution in [0.4, 0.5) is 0 Å². The number of likely N-dealkylation sites (N-methyl/N-ethyl adjacent to an activating group) is 1. The van der Waals surface area contributed by atoms with E-state index in [2.05, 4.69) is 17.1 Å². The third kappa shape index (κ3) is 3.93. The molecular weight excluding hydrogens is 248 g/mol. The van der Waals surface area contributed by atoms with E-state index in [0.717, 1.165) is 32.5 Å². The van der Waals surface area contributed by atoms with Crippen molar-refractivity contribution >= 4 is 9.84 Å². The Morgan fingerprint density at radius 2 is 1.89 bits per heavy atom. The molecule has 1 atom stereocenters. The zero-order chi connectivity index (χ0) is 13.0. The second-order valence-corrected chi connectivity index (χ2v) is 7.92. The largest absolute Gasteiger partial charge is 0.313 e. The van der Waals surface area contributed by atoms with Crippen molar-refractivity contribution in [1.82, 2.24) is 10.2 Å². The molecule has 0 radical (unpaired) electrons. The van der Waals surface area contributed by atoms with Crippen LogP contribution >= 0.6 is 0 Å². The van der Waals surface area contributed by atoms with Gasteiger partial charge in [0.2, 0.25) is 0 Å². The van der Waals surface area contributed by atoms with Crippen molar-refractivity contribution < 1.29 is 8.42 Å². The quantitative estimate of drug-likeness (QED) is 0.832. The van der Waals surface area contributed by atoms with Crippen molar-refractivity contribution in [2.45, 2.75) is 51.1 Å². The van der Waals surface area contributed by atoms with Crippen LogP contribution in [0, 0.1) is 0 Å². The minimum atomic E-state index is -2.73. The fourth-order valence-corrected chi connectivity index (χ4v) is 4.61. The van der Waals surface area contributed by atoms with Crippen LogP contribution in [0.15, 0.2) is 0 Å². The highest BCUT2D eigenvalue weighted by molar-refractivity contribution is 7.91. The predicted octanol–water partition coefficient (Wildman–Crippen LogP) is 1.03. The molecule has 1 unspecified atom stereocenters. The molecule has 1 N–H and O–H groups in total. The summed E-state index contributed by atoms with van der Waals surface area (Å²) in [4.78, 5) is 2.48. The van der Waals surface area contributed by atoms with Crippen LogP contribution in [0.25, 0.3) is 0 Å². The number of sulfone groups is 1. The molecule has 4 nitrogen and oxygen atoms in total. The summed E-state index contributed by atoms with van der Waals surface area (Å²) in [6.45, 7) is 5.44.